The van der Waals surface area contributed by atoms with Crippen molar-refractivity contribution in [3.63, 3.8) is 0 Å². The van der Waals surface area contributed by atoms with Crippen LogP contribution < -0.4 is 11.1 Å². The maximum Gasteiger partial charge on any atom is 0.254 e. The van der Waals surface area contributed by atoms with Crippen molar-refractivity contribution in [2.24, 2.45) is 5.73 Å². The molecule has 8 heteroatoms. The van der Waals surface area contributed by atoms with Gasteiger partial charge in [-0.15, -0.1) is 12.4 Å². The second kappa shape index (κ2) is 10.8. The lowest BCUT2D eigenvalue weighted by atomic mass is 9.97. The Balaban J connectivity index is 0.00000363. The molecule has 4 N–H and O–H groups in total. The number of amidine groups is 1. The minimum atomic E-state index is -1.46. The van der Waals surface area contributed by atoms with Gasteiger partial charge >= 0.3 is 0 Å². The molecule has 0 aliphatic carbocycles. The summed E-state index contributed by atoms with van der Waals surface area (Å²) in [4.78, 5) is 12.7. The van der Waals surface area contributed by atoms with Gasteiger partial charge < -0.3 is 15.8 Å². The number of carbonyl (C=O) groups is 1. The largest absolute Gasteiger partial charge is 0.384 e. The van der Waals surface area contributed by atoms with Gasteiger partial charge in [0.25, 0.3) is 5.91 Å². The summed E-state index contributed by atoms with van der Waals surface area (Å²) >= 11 is 0. The van der Waals surface area contributed by atoms with Crippen molar-refractivity contribution in [3.05, 3.63) is 94.6 Å². The van der Waals surface area contributed by atoms with Gasteiger partial charge in [0, 0.05) is 24.8 Å². The quantitative estimate of drug-likeness (QED) is 0.355. The smallest absolute Gasteiger partial charge is 0.254 e. The first kappa shape index (κ1) is 25.0. The Hall–Kier alpha value is -3.29. The number of rotatable bonds is 7. The van der Waals surface area contributed by atoms with Crippen molar-refractivity contribution in [2.45, 2.75) is 19.6 Å². The Morgan fingerprint density at radius 3 is 2.25 bits per heavy atom. The Bertz CT molecular complexity index is 1100. The first-order valence-corrected chi connectivity index (χ1v) is 9.60. The molecule has 1 amide bonds. The van der Waals surface area contributed by atoms with E-state index in [2.05, 4.69) is 5.32 Å². The molecule has 1 unspecified atom stereocenters. The molecule has 0 aliphatic heterocycles. The monoisotopic (exact) mass is 459 g/mol. The number of hydrogen-bond acceptors (Lipinski definition) is 3. The molecule has 0 fully saturated rings. The van der Waals surface area contributed by atoms with Crippen LogP contribution in [-0.2, 0) is 16.1 Å². The molecular weight excluding hydrogens is 436 g/mol. The number of nitrogens with one attached hydrogen (secondary N) is 2. The Kier molecular flexibility index (Phi) is 8.46. The van der Waals surface area contributed by atoms with Gasteiger partial charge in [0.15, 0.2) is 6.10 Å². The summed E-state index contributed by atoms with van der Waals surface area (Å²) in [6.07, 6.45) is -1.46. The molecule has 0 aliphatic rings. The van der Waals surface area contributed by atoms with Gasteiger partial charge in [0.1, 0.15) is 17.5 Å². The maximum atomic E-state index is 15.3. The van der Waals surface area contributed by atoms with Crippen molar-refractivity contribution >= 4 is 24.1 Å². The van der Waals surface area contributed by atoms with Crippen molar-refractivity contribution in [3.8, 4) is 11.1 Å². The lowest BCUT2D eigenvalue weighted by Gasteiger charge is -2.19. The van der Waals surface area contributed by atoms with E-state index in [0.29, 0.717) is 11.1 Å². The molecule has 0 saturated heterocycles. The van der Waals surface area contributed by atoms with Crippen molar-refractivity contribution in [1.29, 1.82) is 5.41 Å². The van der Waals surface area contributed by atoms with Crippen molar-refractivity contribution in [1.82, 2.24) is 5.32 Å². The fourth-order valence-corrected chi connectivity index (χ4v) is 3.21. The molecule has 168 valence electrons. The van der Waals surface area contributed by atoms with E-state index >= 15 is 4.39 Å². The molecular formula is C24H24ClF2N3O2. The third-order valence-corrected chi connectivity index (χ3v) is 4.96. The molecule has 0 bridgehead atoms. The van der Waals surface area contributed by atoms with E-state index in [-0.39, 0.29) is 30.4 Å². The van der Waals surface area contributed by atoms with E-state index in [4.69, 9.17) is 15.9 Å². The second-order valence-electron chi connectivity index (χ2n) is 7.13. The molecule has 3 aromatic rings. The number of amides is 1. The maximum absolute atomic E-state index is 15.3. The highest BCUT2D eigenvalue weighted by Gasteiger charge is 2.28. The van der Waals surface area contributed by atoms with Crippen LogP contribution in [0.5, 0.6) is 0 Å². The summed E-state index contributed by atoms with van der Waals surface area (Å²) in [7, 11) is 1.23. The van der Waals surface area contributed by atoms with Crippen LogP contribution in [-0.4, -0.2) is 18.9 Å². The van der Waals surface area contributed by atoms with E-state index in [1.807, 2.05) is 19.1 Å². The normalized spacial score (nSPS) is 11.4. The molecule has 1 atom stereocenters. The van der Waals surface area contributed by atoms with E-state index in [0.717, 1.165) is 17.2 Å². The zero-order valence-corrected chi connectivity index (χ0v) is 18.4. The molecule has 5 nitrogen and oxygen atoms in total. The van der Waals surface area contributed by atoms with Crippen LogP contribution in [0.15, 0.2) is 60.7 Å². The summed E-state index contributed by atoms with van der Waals surface area (Å²) in [5.74, 6) is -2.43. The summed E-state index contributed by atoms with van der Waals surface area (Å²) in [6, 6.07) is 16.3. The topological polar surface area (TPSA) is 88.2 Å². The van der Waals surface area contributed by atoms with Gasteiger partial charge in [-0.05, 0) is 30.2 Å². The molecule has 0 saturated carbocycles. The highest BCUT2D eigenvalue weighted by Crippen LogP contribution is 2.32. The predicted octanol–water partition coefficient (Wildman–Crippen LogP) is 4.65. The highest BCUT2D eigenvalue weighted by molar-refractivity contribution is 5.94. The average Bonchev–Trinajstić information content (AvgIpc) is 2.76. The molecule has 3 rings (SSSR count). The average molecular weight is 460 g/mol. The standard InChI is InChI=1S/C24H23F2N3O2.ClH/c1-14-3-7-16(8-4-14)18-11-12-19(25)20(21(18)26)22(31-2)24(30)29-13-15-5-9-17(10-6-15)23(27)28;/h3-12,22H,13H2,1-2H3,(H3,27,28)(H,29,30);1H. The molecule has 0 radical (unpaired) electrons. The number of ether oxygens (including phenoxy) is 1. The van der Waals surface area contributed by atoms with Gasteiger partial charge in [0.2, 0.25) is 0 Å². The third-order valence-electron chi connectivity index (χ3n) is 4.96. The molecule has 0 heterocycles. The highest BCUT2D eigenvalue weighted by atomic mass is 35.5. The molecule has 3 aromatic carbocycles. The van der Waals surface area contributed by atoms with E-state index in [1.165, 1.54) is 13.2 Å². The Labute approximate surface area is 191 Å². The van der Waals surface area contributed by atoms with Crippen LogP contribution >= 0.6 is 12.4 Å². The van der Waals surface area contributed by atoms with Crippen LogP contribution in [0.1, 0.15) is 28.4 Å². The lowest BCUT2D eigenvalue weighted by Crippen LogP contribution is -2.31. The first-order chi connectivity index (χ1) is 14.8. The number of nitrogen functional groups attached to an aromatic ring is 1. The molecule has 32 heavy (non-hydrogen) atoms. The van der Waals surface area contributed by atoms with Gasteiger partial charge in [-0.3, -0.25) is 10.2 Å². The lowest BCUT2D eigenvalue weighted by molar-refractivity contribution is -0.131. The van der Waals surface area contributed by atoms with Crippen LogP contribution in [0.4, 0.5) is 8.78 Å². The van der Waals surface area contributed by atoms with Gasteiger partial charge in [-0.2, -0.15) is 0 Å². The number of hydrogen-bond donors (Lipinski definition) is 3. The summed E-state index contributed by atoms with van der Waals surface area (Å²) < 4.78 is 35.0. The zero-order chi connectivity index (χ0) is 22.5. The summed E-state index contributed by atoms with van der Waals surface area (Å²) in [6.45, 7) is 2.03. The summed E-state index contributed by atoms with van der Waals surface area (Å²) in [5.41, 5.74) is 8.05. The molecule has 0 spiro atoms. The Morgan fingerprint density at radius 1 is 1.06 bits per heavy atom. The number of halogens is 3. The van der Waals surface area contributed by atoms with Gasteiger partial charge in [-0.1, -0.05) is 54.1 Å². The van der Waals surface area contributed by atoms with Crippen LogP contribution in [0.3, 0.4) is 0 Å². The zero-order valence-electron chi connectivity index (χ0n) is 17.6. The van der Waals surface area contributed by atoms with E-state index in [1.54, 1.807) is 36.4 Å². The van der Waals surface area contributed by atoms with Crippen molar-refractivity contribution in [2.75, 3.05) is 7.11 Å². The number of carbonyl (C=O) groups excluding carboxylic acids is 1. The Morgan fingerprint density at radius 2 is 1.69 bits per heavy atom. The number of methoxy groups -OCH3 is 1. The third kappa shape index (κ3) is 5.49. The number of benzene rings is 3. The number of nitrogens with two attached hydrogens (primary N) is 1. The van der Waals surface area contributed by atoms with Gasteiger partial charge in [0.05, 0.1) is 5.56 Å². The fraction of sp³-hybridized carbons (Fsp3) is 0.167. The van der Waals surface area contributed by atoms with Crippen LogP contribution in [0.2, 0.25) is 0 Å². The second-order valence-corrected chi connectivity index (χ2v) is 7.13. The minimum Gasteiger partial charge on any atom is -0.384 e. The van der Waals surface area contributed by atoms with Crippen molar-refractivity contribution < 1.29 is 18.3 Å². The van der Waals surface area contributed by atoms with Crippen LogP contribution in [0.25, 0.3) is 11.1 Å². The fourth-order valence-electron chi connectivity index (χ4n) is 3.21. The number of aryl methyl sites for hydroxylation is 1. The first-order valence-electron chi connectivity index (χ1n) is 9.60. The SMILES string of the molecule is COC(C(=O)NCc1ccc(C(=N)N)cc1)c1c(F)ccc(-c2ccc(C)cc2)c1F.Cl. The predicted molar refractivity (Wildman–Crippen MR) is 123 cm³/mol. The molecule has 0 aromatic heterocycles. The minimum absolute atomic E-state index is 0. The van der Waals surface area contributed by atoms with Gasteiger partial charge in [-0.25, -0.2) is 8.78 Å². The van der Waals surface area contributed by atoms with E-state index in [9.17, 15) is 9.18 Å². The summed E-state index contributed by atoms with van der Waals surface area (Å²) in [5, 5.41) is 10.0. The van der Waals surface area contributed by atoms with E-state index < -0.39 is 29.2 Å². The van der Waals surface area contributed by atoms with Crippen LogP contribution in [0, 0.1) is 24.0 Å².